The normalized spacial score (nSPS) is 15.0. The number of carboxylic acids is 1. The van der Waals surface area contributed by atoms with Crippen LogP contribution in [0.4, 0.5) is 0 Å². The van der Waals surface area contributed by atoms with Crippen molar-refractivity contribution in [1.29, 1.82) is 0 Å². The van der Waals surface area contributed by atoms with Crippen molar-refractivity contribution in [2.24, 2.45) is 0 Å². The van der Waals surface area contributed by atoms with Gasteiger partial charge in [0.05, 0.1) is 0 Å². The Morgan fingerprint density at radius 3 is 2.41 bits per heavy atom. The van der Waals surface area contributed by atoms with Crippen molar-refractivity contribution in [3.8, 4) is 0 Å². The van der Waals surface area contributed by atoms with Crippen LogP contribution in [0.15, 0.2) is 59.5 Å². The standard InChI is InChI=1S/C18H20O3S/c1-13(14-8-7-11-16(12-14)22-3)18(21-2,17(19)20)15-9-5-4-6-10-15/h4-13H,1-3H3,(H,19,20). The summed E-state index contributed by atoms with van der Waals surface area (Å²) in [5.41, 5.74) is 0.185. The van der Waals surface area contributed by atoms with E-state index in [-0.39, 0.29) is 5.92 Å². The molecule has 0 heterocycles. The van der Waals surface area contributed by atoms with E-state index in [1.165, 1.54) is 7.11 Å². The lowest BCUT2D eigenvalue weighted by Crippen LogP contribution is -2.42. The van der Waals surface area contributed by atoms with E-state index in [4.69, 9.17) is 4.74 Å². The summed E-state index contributed by atoms with van der Waals surface area (Å²) in [6.45, 7) is 1.89. The van der Waals surface area contributed by atoms with E-state index in [9.17, 15) is 9.90 Å². The average molecular weight is 316 g/mol. The highest BCUT2D eigenvalue weighted by Crippen LogP contribution is 2.40. The Morgan fingerprint density at radius 2 is 1.86 bits per heavy atom. The smallest absolute Gasteiger partial charge is 0.341 e. The largest absolute Gasteiger partial charge is 0.479 e. The molecule has 2 unspecified atom stereocenters. The molecule has 2 rings (SSSR count). The number of benzene rings is 2. The first-order valence-electron chi connectivity index (χ1n) is 7.04. The lowest BCUT2D eigenvalue weighted by molar-refractivity contribution is -0.166. The maximum absolute atomic E-state index is 12.1. The molecule has 116 valence electrons. The van der Waals surface area contributed by atoms with E-state index < -0.39 is 11.6 Å². The van der Waals surface area contributed by atoms with Crippen LogP contribution in [0.2, 0.25) is 0 Å². The van der Waals surface area contributed by atoms with Crippen LogP contribution >= 0.6 is 11.8 Å². The molecular weight excluding hydrogens is 296 g/mol. The molecule has 0 aliphatic heterocycles. The Labute approximate surface area is 135 Å². The van der Waals surface area contributed by atoms with Gasteiger partial charge in [-0.15, -0.1) is 11.8 Å². The molecule has 3 nitrogen and oxygen atoms in total. The molecule has 0 amide bonds. The second kappa shape index (κ2) is 6.99. The predicted octanol–water partition coefficient (Wildman–Crippen LogP) is 4.14. The van der Waals surface area contributed by atoms with Crippen molar-refractivity contribution in [3.63, 3.8) is 0 Å². The van der Waals surface area contributed by atoms with E-state index in [1.54, 1.807) is 23.9 Å². The van der Waals surface area contributed by atoms with Crippen molar-refractivity contribution in [2.45, 2.75) is 23.3 Å². The number of methoxy groups -OCH3 is 1. The molecule has 0 aliphatic rings. The minimum Gasteiger partial charge on any atom is -0.479 e. The van der Waals surface area contributed by atoms with Crippen LogP contribution in [-0.2, 0) is 15.1 Å². The molecule has 0 aromatic heterocycles. The zero-order valence-corrected chi connectivity index (χ0v) is 13.8. The van der Waals surface area contributed by atoms with Crippen LogP contribution in [0, 0.1) is 0 Å². The first-order valence-corrected chi connectivity index (χ1v) is 8.26. The van der Waals surface area contributed by atoms with Crippen LogP contribution in [0.1, 0.15) is 24.0 Å². The molecule has 0 aliphatic carbocycles. The Hall–Kier alpha value is -1.78. The minimum atomic E-state index is -1.40. The molecule has 0 saturated carbocycles. The van der Waals surface area contributed by atoms with Gasteiger partial charge in [0.2, 0.25) is 0 Å². The highest BCUT2D eigenvalue weighted by molar-refractivity contribution is 7.98. The molecular formula is C18H20O3S. The zero-order valence-electron chi connectivity index (χ0n) is 12.9. The molecule has 2 aromatic carbocycles. The van der Waals surface area contributed by atoms with Gasteiger partial charge >= 0.3 is 5.97 Å². The fourth-order valence-corrected chi connectivity index (χ4v) is 3.24. The first kappa shape index (κ1) is 16.6. The molecule has 4 heteroatoms. The summed E-state index contributed by atoms with van der Waals surface area (Å²) >= 11 is 1.63. The second-order valence-electron chi connectivity index (χ2n) is 5.11. The number of carbonyl (C=O) groups is 1. The lowest BCUT2D eigenvalue weighted by Gasteiger charge is -2.34. The molecule has 2 atom stereocenters. The lowest BCUT2D eigenvalue weighted by atomic mass is 9.78. The summed E-state index contributed by atoms with van der Waals surface area (Å²) in [6, 6.07) is 17.1. The third-order valence-electron chi connectivity index (χ3n) is 4.05. The number of hydrogen-bond donors (Lipinski definition) is 1. The Morgan fingerprint density at radius 1 is 1.18 bits per heavy atom. The summed E-state index contributed by atoms with van der Waals surface area (Å²) < 4.78 is 5.57. The molecule has 0 radical (unpaired) electrons. The van der Waals surface area contributed by atoms with Crippen LogP contribution in [-0.4, -0.2) is 24.4 Å². The summed E-state index contributed by atoms with van der Waals surface area (Å²) in [6.07, 6.45) is 2.00. The van der Waals surface area contributed by atoms with Gasteiger partial charge in [0, 0.05) is 17.9 Å². The van der Waals surface area contributed by atoms with Crippen molar-refractivity contribution in [1.82, 2.24) is 0 Å². The van der Waals surface area contributed by atoms with Gasteiger partial charge in [-0.3, -0.25) is 0 Å². The van der Waals surface area contributed by atoms with Crippen molar-refractivity contribution in [2.75, 3.05) is 13.4 Å². The van der Waals surface area contributed by atoms with Crippen molar-refractivity contribution in [3.05, 3.63) is 65.7 Å². The molecule has 0 saturated heterocycles. The summed E-state index contributed by atoms with van der Waals surface area (Å²) in [5.74, 6) is -1.31. The summed E-state index contributed by atoms with van der Waals surface area (Å²) in [5, 5.41) is 9.91. The number of hydrogen-bond acceptors (Lipinski definition) is 3. The number of carboxylic acid groups (broad SMARTS) is 1. The van der Waals surface area contributed by atoms with Gasteiger partial charge in [0.15, 0.2) is 5.60 Å². The molecule has 0 bridgehead atoms. The average Bonchev–Trinajstić information content (AvgIpc) is 2.56. The topological polar surface area (TPSA) is 46.5 Å². The van der Waals surface area contributed by atoms with E-state index in [1.807, 2.05) is 55.6 Å². The minimum absolute atomic E-state index is 0.329. The molecule has 0 fully saturated rings. The van der Waals surface area contributed by atoms with Crippen LogP contribution in [0.3, 0.4) is 0 Å². The SMILES string of the molecule is COC(C(=O)O)(c1ccccc1)C(C)c1cccc(SC)c1. The predicted molar refractivity (Wildman–Crippen MR) is 89.4 cm³/mol. The number of ether oxygens (including phenoxy) is 1. The first-order chi connectivity index (χ1) is 10.6. The second-order valence-corrected chi connectivity index (χ2v) is 5.99. The zero-order chi connectivity index (χ0) is 16.2. The number of thioether (sulfide) groups is 1. The third-order valence-corrected chi connectivity index (χ3v) is 4.77. The van der Waals surface area contributed by atoms with Gasteiger partial charge in [0.1, 0.15) is 0 Å². The molecule has 0 spiro atoms. The fourth-order valence-electron chi connectivity index (χ4n) is 2.77. The highest BCUT2D eigenvalue weighted by atomic mass is 32.2. The van der Waals surface area contributed by atoms with Gasteiger partial charge in [-0.25, -0.2) is 4.79 Å². The molecule has 2 aromatic rings. The quantitative estimate of drug-likeness (QED) is 0.814. The Kier molecular flexibility index (Phi) is 5.27. The molecule has 1 N–H and O–H groups in total. The van der Waals surface area contributed by atoms with Gasteiger partial charge in [0.25, 0.3) is 0 Å². The van der Waals surface area contributed by atoms with E-state index in [2.05, 4.69) is 0 Å². The number of rotatable bonds is 6. The monoisotopic (exact) mass is 316 g/mol. The van der Waals surface area contributed by atoms with Gasteiger partial charge in [-0.1, -0.05) is 49.4 Å². The Balaban J connectivity index is 2.56. The van der Waals surface area contributed by atoms with Crippen molar-refractivity contribution < 1.29 is 14.6 Å². The van der Waals surface area contributed by atoms with Crippen LogP contribution in [0.25, 0.3) is 0 Å². The van der Waals surface area contributed by atoms with Gasteiger partial charge in [-0.05, 0) is 29.5 Å². The Bertz CT molecular complexity index is 642. The summed E-state index contributed by atoms with van der Waals surface area (Å²) in [7, 11) is 1.45. The van der Waals surface area contributed by atoms with Crippen LogP contribution < -0.4 is 0 Å². The highest BCUT2D eigenvalue weighted by Gasteiger charge is 2.46. The van der Waals surface area contributed by atoms with E-state index in [0.717, 1.165) is 10.5 Å². The van der Waals surface area contributed by atoms with Crippen molar-refractivity contribution >= 4 is 17.7 Å². The van der Waals surface area contributed by atoms with Gasteiger partial charge in [-0.2, -0.15) is 0 Å². The maximum Gasteiger partial charge on any atom is 0.341 e. The maximum atomic E-state index is 12.1. The van der Waals surface area contributed by atoms with E-state index in [0.29, 0.717) is 5.56 Å². The van der Waals surface area contributed by atoms with Gasteiger partial charge < -0.3 is 9.84 Å². The third kappa shape index (κ3) is 2.89. The van der Waals surface area contributed by atoms with Crippen LogP contribution in [0.5, 0.6) is 0 Å². The number of aliphatic carboxylic acids is 1. The fraction of sp³-hybridized carbons (Fsp3) is 0.278. The summed E-state index contributed by atoms with van der Waals surface area (Å²) in [4.78, 5) is 13.2. The van der Waals surface area contributed by atoms with E-state index >= 15 is 0 Å². The molecule has 22 heavy (non-hydrogen) atoms.